The molecule has 0 bridgehead atoms. The van der Waals surface area contributed by atoms with E-state index in [2.05, 4.69) is 255 Å². The number of benzene rings is 11. The molecule has 0 atom stereocenters. The smallest absolute Gasteiger partial charge is 0.160 e. The number of nitrogens with zero attached hydrogens (tertiary/aromatic N) is 2. The van der Waals surface area contributed by atoms with E-state index < -0.39 is 5.41 Å². The minimum atomic E-state index is -0.522. The van der Waals surface area contributed by atoms with Crippen molar-refractivity contribution < 1.29 is 0 Å². The predicted octanol–water partition coefficient (Wildman–Crippen LogP) is 17.8. The maximum absolute atomic E-state index is 5.43. The van der Waals surface area contributed by atoms with Crippen LogP contribution in [0.25, 0.3) is 109 Å². The van der Waals surface area contributed by atoms with Crippen LogP contribution in [0, 0.1) is 0 Å². The molecule has 1 aliphatic carbocycles. The lowest BCUT2D eigenvalue weighted by molar-refractivity contribution is 0.768. The van der Waals surface area contributed by atoms with Gasteiger partial charge in [-0.3, -0.25) is 0 Å². The normalized spacial score (nSPS) is 12.7. The molecule has 0 radical (unpaired) electrons. The van der Waals surface area contributed by atoms with Gasteiger partial charge in [0.25, 0.3) is 0 Å². The second kappa shape index (κ2) is 16.2. The van der Waals surface area contributed by atoms with Gasteiger partial charge in [0.1, 0.15) is 0 Å². The second-order valence-corrected chi connectivity index (χ2v) is 19.5. The van der Waals surface area contributed by atoms with E-state index in [1.54, 1.807) is 0 Å². The fourth-order valence-electron chi connectivity index (χ4n) is 11.4. The van der Waals surface area contributed by atoms with Gasteiger partial charge in [-0.25, -0.2) is 9.97 Å². The Kier molecular flexibility index (Phi) is 9.33. The lowest BCUT2D eigenvalue weighted by atomic mass is 9.67. The van der Waals surface area contributed by atoms with Crippen molar-refractivity contribution in [2.24, 2.45) is 0 Å². The molecular formula is C67H42N2S. The SMILES string of the molecule is c1ccc(-c2nc(-c3ccc4c(c3)C(c3ccccc3)(c3ccccc3)c3ccccc3-4)cc(-c3cc4sc5cc(-c6ccc(-c7cccc8ccccc78)cc6)ccc5c4c4ccccc34)n2)cc1. The van der Waals surface area contributed by atoms with Crippen molar-refractivity contribution in [3.05, 3.63) is 277 Å². The topological polar surface area (TPSA) is 25.8 Å². The lowest BCUT2D eigenvalue weighted by Gasteiger charge is -2.34. The van der Waals surface area contributed by atoms with Gasteiger partial charge in [0.15, 0.2) is 5.82 Å². The fraction of sp³-hybridized carbons (Fsp3) is 0.0149. The molecule has 2 aromatic heterocycles. The Labute approximate surface area is 410 Å². The standard InChI is InChI=1S/C67H42N2S/c1-4-18-46(19-5-1)66-68-61(48-36-37-55-54-27-14-15-30-59(54)67(60(55)39-48,49-21-6-2-7-22-49)50-23-8-3-9-24-50)42-62(69-66)58-41-64-65(56-28-13-12-26-53(56)58)57-38-35-47(40-63(57)70-64)43-31-33-45(34-32-43)52-29-16-20-44-17-10-11-25-51(44)52/h1-42H. The highest BCUT2D eigenvalue weighted by Crippen LogP contribution is 2.57. The highest BCUT2D eigenvalue weighted by molar-refractivity contribution is 7.26. The van der Waals surface area contributed by atoms with Crippen LogP contribution in [0.4, 0.5) is 0 Å². The van der Waals surface area contributed by atoms with Crippen LogP contribution in [-0.4, -0.2) is 9.97 Å². The Morgan fingerprint density at radius 1 is 0.300 bits per heavy atom. The van der Waals surface area contributed by atoms with Crippen molar-refractivity contribution in [3.63, 3.8) is 0 Å². The third-order valence-corrected chi connectivity index (χ3v) is 15.7. The van der Waals surface area contributed by atoms with E-state index in [1.807, 2.05) is 11.3 Å². The number of hydrogen-bond donors (Lipinski definition) is 0. The molecule has 70 heavy (non-hydrogen) atoms. The summed E-state index contributed by atoms with van der Waals surface area (Å²) < 4.78 is 2.50. The fourth-order valence-corrected chi connectivity index (χ4v) is 12.6. The van der Waals surface area contributed by atoms with Gasteiger partial charge in [-0.2, -0.15) is 0 Å². The number of hydrogen-bond acceptors (Lipinski definition) is 3. The Balaban J connectivity index is 0.925. The first-order valence-electron chi connectivity index (χ1n) is 24.0. The molecule has 0 amide bonds. The molecule has 0 aliphatic heterocycles. The minimum absolute atomic E-state index is 0.522. The Morgan fingerprint density at radius 2 is 0.886 bits per heavy atom. The van der Waals surface area contributed by atoms with Crippen LogP contribution in [0.5, 0.6) is 0 Å². The van der Waals surface area contributed by atoms with E-state index in [-0.39, 0.29) is 0 Å². The first-order chi connectivity index (χ1) is 34.7. The molecule has 0 fully saturated rings. The molecule has 0 unspecified atom stereocenters. The van der Waals surface area contributed by atoms with Gasteiger partial charge in [-0.15, -0.1) is 11.3 Å². The van der Waals surface area contributed by atoms with Crippen LogP contribution in [0.3, 0.4) is 0 Å². The zero-order valence-corrected chi connectivity index (χ0v) is 38.9. The zero-order valence-electron chi connectivity index (χ0n) is 38.1. The van der Waals surface area contributed by atoms with Crippen LogP contribution >= 0.6 is 11.3 Å². The van der Waals surface area contributed by atoms with Crippen LogP contribution in [0.2, 0.25) is 0 Å². The maximum atomic E-state index is 5.43. The van der Waals surface area contributed by atoms with Crippen molar-refractivity contribution in [1.29, 1.82) is 0 Å². The first kappa shape index (κ1) is 40.3. The summed E-state index contributed by atoms with van der Waals surface area (Å²) in [5, 5.41) is 7.47. The van der Waals surface area contributed by atoms with Crippen LogP contribution in [-0.2, 0) is 5.41 Å². The van der Waals surface area contributed by atoms with Crippen LogP contribution in [0.15, 0.2) is 255 Å². The first-order valence-corrected chi connectivity index (χ1v) is 24.8. The largest absolute Gasteiger partial charge is 0.228 e. The summed E-state index contributed by atoms with van der Waals surface area (Å²) in [5.41, 5.74) is 16.8. The van der Waals surface area contributed by atoms with E-state index in [0.717, 1.165) is 28.1 Å². The van der Waals surface area contributed by atoms with Gasteiger partial charge in [0.05, 0.1) is 16.8 Å². The Morgan fingerprint density at radius 3 is 1.67 bits per heavy atom. The minimum Gasteiger partial charge on any atom is -0.228 e. The molecule has 0 N–H and O–H groups in total. The molecule has 2 heterocycles. The average Bonchev–Trinajstić information content (AvgIpc) is 3.96. The summed E-state index contributed by atoms with van der Waals surface area (Å²) in [6, 6.07) is 92.9. The van der Waals surface area contributed by atoms with Crippen molar-refractivity contribution in [2.45, 2.75) is 5.41 Å². The van der Waals surface area contributed by atoms with Gasteiger partial charge >= 0.3 is 0 Å². The van der Waals surface area contributed by atoms with E-state index in [9.17, 15) is 0 Å². The van der Waals surface area contributed by atoms with E-state index in [0.29, 0.717) is 5.82 Å². The molecule has 326 valence electrons. The summed E-state index contributed by atoms with van der Waals surface area (Å²) in [5.74, 6) is 0.700. The zero-order chi connectivity index (χ0) is 46.2. The number of thiophene rings is 1. The number of fused-ring (bicyclic) bond motifs is 9. The van der Waals surface area contributed by atoms with Crippen LogP contribution in [0.1, 0.15) is 22.3 Å². The molecular weight excluding hydrogens is 865 g/mol. The molecule has 0 saturated carbocycles. The highest BCUT2D eigenvalue weighted by atomic mass is 32.1. The monoisotopic (exact) mass is 906 g/mol. The molecule has 13 aromatic rings. The van der Waals surface area contributed by atoms with Gasteiger partial charge in [-0.1, -0.05) is 231 Å². The predicted molar refractivity (Wildman–Crippen MR) is 294 cm³/mol. The van der Waals surface area contributed by atoms with Gasteiger partial charge < -0.3 is 0 Å². The van der Waals surface area contributed by atoms with Crippen molar-refractivity contribution >= 4 is 53.1 Å². The van der Waals surface area contributed by atoms with E-state index >= 15 is 0 Å². The molecule has 3 heteroatoms. The second-order valence-electron chi connectivity index (χ2n) is 18.4. The molecule has 14 rings (SSSR count). The summed E-state index contributed by atoms with van der Waals surface area (Å²) in [6.07, 6.45) is 0. The average molecular weight is 907 g/mol. The number of aromatic nitrogens is 2. The third kappa shape index (κ3) is 6.32. The summed E-state index contributed by atoms with van der Waals surface area (Å²) in [7, 11) is 0. The van der Waals surface area contributed by atoms with Crippen molar-refractivity contribution in [1.82, 2.24) is 9.97 Å². The third-order valence-electron chi connectivity index (χ3n) is 14.6. The maximum Gasteiger partial charge on any atom is 0.160 e. The molecule has 11 aromatic carbocycles. The lowest BCUT2D eigenvalue weighted by Crippen LogP contribution is -2.28. The summed E-state index contributed by atoms with van der Waals surface area (Å²) in [4.78, 5) is 10.8. The van der Waals surface area contributed by atoms with Gasteiger partial charge in [0.2, 0.25) is 0 Å². The van der Waals surface area contributed by atoms with Gasteiger partial charge in [-0.05, 0) is 101 Å². The summed E-state index contributed by atoms with van der Waals surface area (Å²) >= 11 is 1.86. The van der Waals surface area contributed by atoms with Gasteiger partial charge in [0, 0.05) is 36.9 Å². The molecule has 1 aliphatic rings. The molecule has 0 spiro atoms. The van der Waals surface area contributed by atoms with E-state index in [1.165, 1.54) is 97.4 Å². The quantitative estimate of drug-likeness (QED) is 0.159. The van der Waals surface area contributed by atoms with Crippen molar-refractivity contribution in [3.8, 4) is 67.3 Å². The number of rotatable bonds is 7. The van der Waals surface area contributed by atoms with Crippen molar-refractivity contribution in [2.75, 3.05) is 0 Å². The molecule has 2 nitrogen and oxygen atoms in total. The van der Waals surface area contributed by atoms with Crippen LogP contribution < -0.4 is 0 Å². The molecule has 0 saturated heterocycles. The Hall–Kier alpha value is -8.76. The highest BCUT2D eigenvalue weighted by Gasteiger charge is 2.46. The Bertz CT molecular complexity index is 4110. The van der Waals surface area contributed by atoms with E-state index in [4.69, 9.17) is 9.97 Å². The summed E-state index contributed by atoms with van der Waals surface area (Å²) in [6.45, 7) is 0.